The smallest absolute Gasteiger partial charge is 0 e. The van der Waals surface area contributed by atoms with Gasteiger partial charge in [-0.3, -0.25) is 0 Å². The Morgan fingerprint density at radius 1 is 0.600 bits per heavy atom. The number of hydrogen-bond acceptors (Lipinski definition) is 2. The first-order chi connectivity index (χ1) is 0. The zero-order chi connectivity index (χ0) is 0. The second-order valence-corrected chi connectivity index (χ2v) is 0. The summed E-state index contributed by atoms with van der Waals surface area (Å²) in [6.07, 6.45) is 0. The van der Waals surface area contributed by atoms with Crippen LogP contribution < -0.4 is 0 Å². The van der Waals surface area contributed by atoms with Crippen molar-refractivity contribution in [3.05, 3.63) is 0 Å². The van der Waals surface area contributed by atoms with Crippen molar-refractivity contribution in [2.24, 2.45) is 0 Å². The van der Waals surface area contributed by atoms with Crippen LogP contribution in [0.4, 0.5) is 0 Å². The van der Waals surface area contributed by atoms with Crippen molar-refractivity contribution in [1.29, 1.82) is 0 Å². The van der Waals surface area contributed by atoms with E-state index in [4.69, 9.17) is 0 Å². The molecule has 5 heteroatoms. The van der Waals surface area contributed by atoms with Gasteiger partial charge in [0, 0.05) is 79.9 Å². The van der Waals surface area contributed by atoms with Gasteiger partial charge in [-0.15, -0.1) is 0 Å². The van der Waals surface area contributed by atoms with E-state index in [1.165, 1.54) is 0 Å². The van der Waals surface area contributed by atoms with Crippen LogP contribution in [0.5, 0.6) is 0 Å². The third kappa shape index (κ3) is 20.9. The van der Waals surface area contributed by atoms with Gasteiger partial charge in [0.1, 0.15) is 0 Å². The van der Waals surface area contributed by atoms with Crippen molar-refractivity contribution in [3.8, 4) is 0 Å². The second-order valence-electron chi connectivity index (χ2n) is 0. The quantitative estimate of drug-likeness (QED) is 0.581. The fourth-order valence-electron chi connectivity index (χ4n) is 0. The van der Waals surface area contributed by atoms with E-state index in [1.807, 2.05) is 0 Å². The molecule has 0 fully saturated rings. The van der Waals surface area contributed by atoms with Crippen LogP contribution in [0.25, 0.3) is 0 Å². The second kappa shape index (κ2) is 31.2. The van der Waals surface area contributed by atoms with Crippen molar-refractivity contribution in [3.63, 3.8) is 0 Å². The van der Waals surface area contributed by atoms with Crippen molar-refractivity contribution in [2.45, 2.75) is 0 Å². The minimum Gasteiger partial charge on any atom is -2.00 e. The first-order valence-corrected chi connectivity index (χ1v) is 0. The summed E-state index contributed by atoms with van der Waals surface area (Å²) in [5, 5.41) is 0. The van der Waals surface area contributed by atoms with Gasteiger partial charge < -0.3 is 16.4 Å². The first kappa shape index (κ1) is 50.2. The Morgan fingerprint density at radius 2 is 0.600 bits per heavy atom. The van der Waals surface area contributed by atoms with Crippen molar-refractivity contribution >= 4 is 0 Å². The van der Waals surface area contributed by atoms with E-state index in [0.29, 0.717) is 0 Å². The van der Waals surface area contributed by atoms with Crippen molar-refractivity contribution in [2.75, 3.05) is 0 Å². The van der Waals surface area contributed by atoms with Gasteiger partial charge >= 0.3 is 0 Å². The van der Waals surface area contributed by atoms with Gasteiger partial charge in [0.15, 0.2) is 0 Å². The normalized spacial score (nSPS) is 0. The maximum absolute atomic E-state index is 0. The summed E-state index contributed by atoms with van der Waals surface area (Å²) >= 11 is 0. The van der Waals surface area contributed by atoms with E-state index in [0.717, 1.165) is 0 Å². The van der Waals surface area contributed by atoms with Crippen LogP contribution in [-0.4, -0.2) is 11.0 Å². The molecule has 5 heavy (non-hydrogen) atoms. The number of rotatable bonds is 0. The van der Waals surface area contributed by atoms with Crippen LogP contribution in [0.3, 0.4) is 0 Å². The van der Waals surface area contributed by atoms with Gasteiger partial charge in [0.25, 0.3) is 0 Å². The summed E-state index contributed by atoms with van der Waals surface area (Å²) in [7, 11) is 0. The molecule has 0 saturated carbocycles. The third-order valence-corrected chi connectivity index (χ3v) is 0. The van der Waals surface area contributed by atoms with Crippen LogP contribution >= 0.6 is 0 Å². The molecule has 0 aromatic carbocycles. The van der Waals surface area contributed by atoms with Crippen LogP contribution in [0.15, 0.2) is 0 Å². The van der Waals surface area contributed by atoms with Crippen LogP contribution in [0.2, 0.25) is 0 Å². The molecular formula is H2Gd2O3-4. The molecule has 0 radical (unpaired) electrons. The average molecular weight is 365 g/mol. The molecule has 0 unspecified atom stereocenters. The maximum atomic E-state index is 0. The van der Waals surface area contributed by atoms with Crippen LogP contribution in [0, 0.1) is 79.9 Å². The van der Waals surface area contributed by atoms with Gasteiger partial charge in [-0.25, -0.2) is 0 Å². The van der Waals surface area contributed by atoms with E-state index >= 15 is 0 Å². The van der Waals surface area contributed by atoms with Crippen LogP contribution in [0.1, 0.15) is 0 Å². The molecule has 3 nitrogen and oxygen atoms in total. The molecule has 40 valence electrons. The van der Waals surface area contributed by atoms with Gasteiger partial charge in [-0.1, -0.05) is 0 Å². The third-order valence-electron chi connectivity index (χ3n) is 0. The SMILES string of the molecule is [Gd].[Gd].[O-2].[OH-].[OH-]. The van der Waals surface area contributed by atoms with E-state index < -0.39 is 0 Å². The molecule has 0 spiro atoms. The molecule has 0 aromatic rings. The summed E-state index contributed by atoms with van der Waals surface area (Å²) in [4.78, 5) is 0. The Hall–Kier alpha value is 2.53. The molecule has 0 rings (SSSR count). The van der Waals surface area contributed by atoms with Gasteiger partial charge in [-0.05, 0) is 0 Å². The van der Waals surface area contributed by atoms with E-state index in [9.17, 15) is 0 Å². The minimum absolute atomic E-state index is 0. The van der Waals surface area contributed by atoms with Gasteiger partial charge in [0.05, 0.1) is 0 Å². The van der Waals surface area contributed by atoms with Crippen molar-refractivity contribution in [1.82, 2.24) is 0 Å². The topological polar surface area (TPSA) is 88.5 Å². The standard InChI is InChI=1S/2Gd.2H2O.O/h;;2*1H2;/q;;;;-2/p-2. The molecule has 0 amide bonds. The molecule has 0 heterocycles. The fourth-order valence-corrected chi connectivity index (χ4v) is 0. The molecule has 0 aromatic heterocycles. The summed E-state index contributed by atoms with van der Waals surface area (Å²) in [5.41, 5.74) is 0. The maximum Gasteiger partial charge on any atom is 0 e. The molecule has 0 aliphatic heterocycles. The molecular weight excluding hydrogens is 362 g/mol. The number of hydrogen-bond donors (Lipinski definition) is 0. The van der Waals surface area contributed by atoms with E-state index in [2.05, 4.69) is 0 Å². The average Bonchev–Trinajstić information content (AvgIpc) is 0. The molecule has 0 saturated heterocycles. The van der Waals surface area contributed by atoms with E-state index in [-0.39, 0.29) is 96.3 Å². The Morgan fingerprint density at radius 3 is 0.600 bits per heavy atom. The molecule has 2 N–H and O–H groups in total. The predicted molar refractivity (Wildman–Crippen MR) is 4.56 cm³/mol. The Balaban J connectivity index is 0. The Labute approximate surface area is 94.2 Å². The summed E-state index contributed by atoms with van der Waals surface area (Å²) < 4.78 is 0. The summed E-state index contributed by atoms with van der Waals surface area (Å²) in [6, 6.07) is 0. The fraction of sp³-hybridized carbons (Fsp3) is 0. The molecule has 0 aliphatic rings. The Kier molecular flexibility index (Phi) is 313. The van der Waals surface area contributed by atoms with Gasteiger partial charge in [0.2, 0.25) is 0 Å². The van der Waals surface area contributed by atoms with E-state index in [1.54, 1.807) is 0 Å². The zero-order valence-electron chi connectivity index (χ0n) is 2.01. The molecule has 0 atom stereocenters. The summed E-state index contributed by atoms with van der Waals surface area (Å²) in [5.74, 6) is 0. The monoisotopic (exact) mass is 366 g/mol. The van der Waals surface area contributed by atoms with Crippen LogP contribution in [-0.2, 0) is 5.48 Å². The largest absolute Gasteiger partial charge is 2.00 e. The minimum atomic E-state index is 0. The summed E-state index contributed by atoms with van der Waals surface area (Å²) in [6.45, 7) is 0. The van der Waals surface area contributed by atoms with Crippen molar-refractivity contribution < 1.29 is 96.3 Å². The molecule has 0 aliphatic carbocycles. The predicted octanol–water partition coefficient (Wildman–Crippen LogP) is -0.472. The first-order valence-electron chi connectivity index (χ1n) is 0. The Bertz CT molecular complexity index is 4.85. The zero-order valence-corrected chi connectivity index (χ0v) is 6.55. The molecule has 0 bridgehead atoms. The van der Waals surface area contributed by atoms with Gasteiger partial charge in [-0.2, -0.15) is 0 Å².